The van der Waals surface area contributed by atoms with E-state index in [2.05, 4.69) is 4.74 Å². The van der Waals surface area contributed by atoms with Crippen LogP contribution in [0.2, 0.25) is 0 Å². The fourth-order valence-corrected chi connectivity index (χ4v) is 9.40. The Morgan fingerprint density at radius 2 is 1.86 bits per heavy atom. The van der Waals surface area contributed by atoms with Crippen LogP contribution in [0.3, 0.4) is 0 Å². The third-order valence-corrected chi connectivity index (χ3v) is 11.2. The first-order valence-corrected chi connectivity index (χ1v) is 14.9. The number of carbonyl (C=O) groups excluding carboxylic acids is 2. The van der Waals surface area contributed by atoms with E-state index in [1.165, 1.54) is 31.2 Å². The topological polar surface area (TPSA) is 82.1 Å². The van der Waals surface area contributed by atoms with E-state index in [1.54, 1.807) is 13.8 Å². The number of aliphatic hydroxyl groups excluding tert-OH is 1. The summed E-state index contributed by atoms with van der Waals surface area (Å²) in [7, 11) is 0. The zero-order valence-corrected chi connectivity index (χ0v) is 23.9. The Kier molecular flexibility index (Phi) is 6.81. The Hall–Kier alpha value is -2.28. The van der Waals surface area contributed by atoms with Gasteiger partial charge in [0.2, 0.25) is 5.12 Å². The Labute approximate surface area is 243 Å². The second-order valence-corrected chi connectivity index (χ2v) is 13.5. The zero-order valence-electron chi connectivity index (χ0n) is 23.1. The SMILES string of the molecule is CCSC(=O)C12OC(c3ccc(OC(F)(F)F)cc3)O[C@@H]1CC1C3C[C@H](F)C4=CC(=O)C=CC4(C)[C@@]3(F)C(O)CC12C. The normalized spacial score (nSPS) is 44.1. The van der Waals surface area contributed by atoms with Crippen LogP contribution in [0.4, 0.5) is 22.0 Å². The predicted molar refractivity (Wildman–Crippen MR) is 142 cm³/mol. The van der Waals surface area contributed by atoms with Crippen LogP contribution in [-0.4, -0.2) is 57.8 Å². The number of rotatable bonds is 4. The third kappa shape index (κ3) is 3.93. The highest BCUT2D eigenvalue weighted by Gasteiger charge is 2.80. The molecule has 0 aromatic heterocycles. The molecule has 7 unspecified atom stereocenters. The van der Waals surface area contributed by atoms with Gasteiger partial charge >= 0.3 is 6.36 Å². The molecular weight excluding hydrogens is 583 g/mol. The maximum Gasteiger partial charge on any atom is 0.573 e. The largest absolute Gasteiger partial charge is 0.573 e. The van der Waals surface area contributed by atoms with Crippen LogP contribution in [0.5, 0.6) is 5.75 Å². The van der Waals surface area contributed by atoms with Crippen LogP contribution in [0, 0.1) is 22.7 Å². The number of halogens is 5. The maximum absolute atomic E-state index is 17.5. The number of ether oxygens (including phenoxy) is 3. The lowest BCUT2D eigenvalue weighted by molar-refractivity contribution is -0.274. The summed E-state index contributed by atoms with van der Waals surface area (Å²) in [4.78, 5) is 26.0. The number of fused-ring (bicyclic) bond motifs is 7. The molecule has 1 N–H and O–H groups in total. The van der Waals surface area contributed by atoms with Crippen molar-refractivity contribution in [2.24, 2.45) is 22.7 Å². The van der Waals surface area contributed by atoms with Crippen molar-refractivity contribution in [1.82, 2.24) is 0 Å². The number of benzene rings is 1. The molecule has 0 bridgehead atoms. The number of hydrogen-bond donors (Lipinski definition) is 1. The Bertz CT molecular complexity index is 1360. The summed E-state index contributed by atoms with van der Waals surface area (Å²) in [5.41, 5.74) is -6.33. The van der Waals surface area contributed by atoms with Crippen LogP contribution in [0.15, 0.2) is 48.1 Å². The quantitative estimate of drug-likeness (QED) is 0.420. The van der Waals surface area contributed by atoms with E-state index in [9.17, 15) is 27.9 Å². The van der Waals surface area contributed by atoms with Crippen LogP contribution in [-0.2, 0) is 19.1 Å². The number of ketones is 1. The second kappa shape index (κ2) is 9.61. The Balaban J connectivity index is 1.38. The molecular formula is C30H31F5O6S. The van der Waals surface area contributed by atoms with E-state index in [0.29, 0.717) is 11.3 Å². The van der Waals surface area contributed by atoms with Crippen LogP contribution in [0.1, 0.15) is 51.9 Å². The van der Waals surface area contributed by atoms with Gasteiger partial charge in [-0.15, -0.1) is 13.2 Å². The minimum absolute atomic E-state index is 0.00689. The monoisotopic (exact) mass is 614 g/mol. The molecule has 4 fully saturated rings. The van der Waals surface area contributed by atoms with Gasteiger partial charge in [-0.3, -0.25) is 9.59 Å². The molecule has 1 aliphatic heterocycles. The molecule has 4 aliphatic carbocycles. The van der Waals surface area contributed by atoms with E-state index in [0.717, 1.165) is 30.0 Å². The Morgan fingerprint density at radius 3 is 2.50 bits per heavy atom. The highest BCUT2D eigenvalue weighted by atomic mass is 32.2. The van der Waals surface area contributed by atoms with Gasteiger partial charge in [0.25, 0.3) is 0 Å². The first-order valence-electron chi connectivity index (χ1n) is 13.9. The van der Waals surface area contributed by atoms with Gasteiger partial charge in [-0.1, -0.05) is 43.8 Å². The second-order valence-electron chi connectivity index (χ2n) is 12.2. The van der Waals surface area contributed by atoms with Crippen molar-refractivity contribution in [3.63, 3.8) is 0 Å². The summed E-state index contributed by atoms with van der Waals surface area (Å²) in [5.74, 6) is -2.11. The lowest BCUT2D eigenvalue weighted by Gasteiger charge is -2.63. The van der Waals surface area contributed by atoms with Crippen LogP contribution >= 0.6 is 11.8 Å². The minimum atomic E-state index is -4.86. The van der Waals surface area contributed by atoms with Gasteiger partial charge in [0.1, 0.15) is 11.9 Å². The number of alkyl halides is 5. The molecule has 228 valence electrons. The molecule has 42 heavy (non-hydrogen) atoms. The molecule has 1 aromatic rings. The van der Waals surface area contributed by atoms with Crippen LogP contribution in [0.25, 0.3) is 0 Å². The number of hydrogen-bond acceptors (Lipinski definition) is 7. The van der Waals surface area contributed by atoms with Crippen molar-refractivity contribution in [3.05, 3.63) is 53.6 Å². The molecule has 1 aromatic carbocycles. The smallest absolute Gasteiger partial charge is 0.406 e. The Morgan fingerprint density at radius 1 is 1.17 bits per heavy atom. The zero-order chi connectivity index (χ0) is 30.5. The average molecular weight is 615 g/mol. The molecule has 3 saturated carbocycles. The number of thioether (sulfide) groups is 1. The molecule has 0 spiro atoms. The average Bonchev–Trinajstić information content (AvgIpc) is 3.40. The van der Waals surface area contributed by atoms with Gasteiger partial charge in [-0.2, -0.15) is 0 Å². The summed E-state index contributed by atoms with van der Waals surface area (Å²) >= 11 is 1.01. The van der Waals surface area contributed by atoms with Gasteiger partial charge in [-0.25, -0.2) is 8.78 Å². The van der Waals surface area contributed by atoms with Gasteiger partial charge in [0, 0.05) is 22.3 Å². The summed E-state index contributed by atoms with van der Waals surface area (Å²) in [5, 5.41) is 11.3. The maximum atomic E-state index is 17.5. The number of aliphatic hydroxyl groups is 1. The summed E-state index contributed by atoms with van der Waals surface area (Å²) in [6.45, 7) is 5.05. The molecule has 0 radical (unpaired) electrons. The van der Waals surface area contributed by atoms with Gasteiger partial charge in [0.05, 0.1) is 12.2 Å². The summed E-state index contributed by atoms with van der Waals surface area (Å²) < 4.78 is 87.9. The molecule has 1 saturated heterocycles. The molecule has 6 nitrogen and oxygen atoms in total. The van der Waals surface area contributed by atoms with Gasteiger partial charge in [0.15, 0.2) is 23.3 Å². The fraction of sp³-hybridized carbons (Fsp3) is 0.600. The number of carbonyl (C=O) groups is 2. The lowest BCUT2D eigenvalue weighted by atomic mass is 9.44. The fourth-order valence-electron chi connectivity index (χ4n) is 8.51. The highest BCUT2D eigenvalue weighted by molar-refractivity contribution is 8.13. The molecule has 1 heterocycles. The molecule has 6 rings (SSSR count). The number of allylic oxidation sites excluding steroid dienone is 4. The minimum Gasteiger partial charge on any atom is -0.406 e. The van der Waals surface area contributed by atoms with Crippen molar-refractivity contribution in [2.45, 2.75) is 82.3 Å². The highest BCUT2D eigenvalue weighted by Crippen LogP contribution is 2.73. The lowest BCUT2D eigenvalue weighted by Crippen LogP contribution is -2.70. The predicted octanol–water partition coefficient (Wildman–Crippen LogP) is 5.95. The third-order valence-electron chi connectivity index (χ3n) is 10.3. The van der Waals surface area contributed by atoms with E-state index in [-0.39, 0.29) is 30.0 Å². The van der Waals surface area contributed by atoms with Crippen molar-refractivity contribution >= 4 is 22.7 Å². The van der Waals surface area contributed by atoms with Crippen molar-refractivity contribution in [2.75, 3.05) is 5.75 Å². The van der Waals surface area contributed by atoms with Crippen molar-refractivity contribution in [3.8, 4) is 5.75 Å². The molecule has 12 heteroatoms. The molecule has 0 amide bonds. The van der Waals surface area contributed by atoms with E-state index in [1.807, 2.05) is 0 Å². The first-order chi connectivity index (χ1) is 19.6. The summed E-state index contributed by atoms with van der Waals surface area (Å²) in [6.07, 6.45) is -6.76. The van der Waals surface area contributed by atoms with Crippen LogP contribution < -0.4 is 4.74 Å². The van der Waals surface area contributed by atoms with Crippen molar-refractivity contribution in [1.29, 1.82) is 0 Å². The van der Waals surface area contributed by atoms with Gasteiger partial charge in [-0.05, 0) is 67.7 Å². The van der Waals surface area contributed by atoms with Crippen molar-refractivity contribution < 1.29 is 50.9 Å². The summed E-state index contributed by atoms with van der Waals surface area (Å²) in [6, 6.07) is 4.92. The van der Waals surface area contributed by atoms with E-state index in [4.69, 9.17) is 9.47 Å². The first kappa shape index (κ1) is 29.8. The standard InChI is InChI=1S/C30H31F5O6S/c1-4-42-25(38)29-23(39-24(41-29)15-5-7-17(8-6-15)40-30(33,34)35)13-18-19-12-21(31)20-11-16(36)9-10-26(20,2)28(19,32)22(37)14-27(18,29)3/h5-11,18-19,21-24,37H,4,12-14H2,1-3H3/t18?,19?,21-,22?,23+,24?,26?,27?,28-,29?/m0/s1. The molecule has 10 atom stereocenters. The molecule has 5 aliphatic rings. The van der Waals surface area contributed by atoms with E-state index < -0.39 is 76.5 Å². The van der Waals surface area contributed by atoms with Gasteiger partial charge < -0.3 is 19.3 Å². The van der Waals surface area contributed by atoms with E-state index >= 15 is 8.78 Å².